The first-order valence-electron chi connectivity index (χ1n) is 6.62. The van der Waals surface area contributed by atoms with Crippen LogP contribution in [0, 0.1) is 0 Å². The van der Waals surface area contributed by atoms with Crippen LogP contribution in [-0.4, -0.2) is 21.8 Å². The summed E-state index contributed by atoms with van der Waals surface area (Å²) in [7, 11) is 1.56. The topological polar surface area (TPSA) is 64.4 Å². The zero-order chi connectivity index (χ0) is 14.5. The largest absolute Gasteiger partial charge is 0.495 e. The Bertz CT molecular complexity index is 650. The van der Waals surface area contributed by atoms with E-state index in [-0.39, 0.29) is 11.4 Å². The molecule has 5 nitrogen and oxygen atoms in total. The van der Waals surface area contributed by atoms with Crippen LogP contribution in [0.15, 0.2) is 35.1 Å². The molecule has 5 heteroatoms. The number of rotatable bonds is 5. The monoisotopic (exact) mass is 274 g/mol. The van der Waals surface area contributed by atoms with Gasteiger partial charge < -0.3 is 9.84 Å². The number of hydrogen-bond acceptors (Lipinski definition) is 4. The molecule has 0 amide bonds. The highest BCUT2D eigenvalue weighted by Gasteiger charge is 2.13. The smallest absolute Gasteiger partial charge is 0.262 e. The molecule has 0 fully saturated rings. The summed E-state index contributed by atoms with van der Waals surface area (Å²) >= 11 is 0. The van der Waals surface area contributed by atoms with Crippen LogP contribution in [0.3, 0.4) is 0 Å². The summed E-state index contributed by atoms with van der Waals surface area (Å²) in [6.07, 6.45) is 2.50. The van der Waals surface area contributed by atoms with Crippen LogP contribution in [0.25, 0.3) is 5.69 Å². The van der Waals surface area contributed by atoms with Gasteiger partial charge >= 0.3 is 0 Å². The maximum Gasteiger partial charge on any atom is 0.262 e. The van der Waals surface area contributed by atoms with E-state index in [1.807, 2.05) is 12.1 Å². The third-order valence-corrected chi connectivity index (χ3v) is 3.05. The number of aryl methyl sites for hydroxylation is 1. The van der Waals surface area contributed by atoms with Gasteiger partial charge in [0.15, 0.2) is 0 Å². The predicted molar refractivity (Wildman–Crippen MR) is 76.7 cm³/mol. The van der Waals surface area contributed by atoms with Crippen molar-refractivity contribution in [3.63, 3.8) is 0 Å². The Hall–Kier alpha value is -2.30. The van der Waals surface area contributed by atoms with Crippen molar-refractivity contribution in [1.29, 1.82) is 0 Å². The number of ether oxygens (including phenoxy) is 1. The molecular weight excluding hydrogens is 256 g/mol. The molecule has 2 rings (SSSR count). The molecule has 1 N–H and O–H groups in total. The standard InChI is InChI=1S/C15H18N2O3/c1-3-4-9-13-16-14(18)10-15(19)17(13)11-7-5-6-8-12(11)20-2/h5-8,10,18H,3-4,9H2,1-2H3. The minimum Gasteiger partial charge on any atom is -0.495 e. The van der Waals surface area contributed by atoms with Crippen LogP contribution >= 0.6 is 0 Å². The molecule has 0 bridgehead atoms. The Morgan fingerprint density at radius 1 is 1.35 bits per heavy atom. The van der Waals surface area contributed by atoms with Gasteiger partial charge in [-0.1, -0.05) is 25.5 Å². The van der Waals surface area contributed by atoms with Crippen LogP contribution in [0.1, 0.15) is 25.6 Å². The summed E-state index contributed by atoms with van der Waals surface area (Å²) in [6.45, 7) is 2.06. The lowest BCUT2D eigenvalue weighted by Gasteiger charge is -2.14. The van der Waals surface area contributed by atoms with Gasteiger partial charge in [-0.15, -0.1) is 0 Å². The minimum atomic E-state index is -0.312. The van der Waals surface area contributed by atoms with E-state index in [9.17, 15) is 9.90 Å². The second-order valence-electron chi connectivity index (χ2n) is 4.48. The fourth-order valence-electron chi connectivity index (χ4n) is 2.09. The number of para-hydroxylation sites is 2. The van der Waals surface area contributed by atoms with E-state index in [4.69, 9.17) is 4.74 Å². The van der Waals surface area contributed by atoms with Gasteiger partial charge in [0.25, 0.3) is 5.56 Å². The van der Waals surface area contributed by atoms with Crippen LogP contribution in [0.2, 0.25) is 0 Å². The first-order chi connectivity index (χ1) is 9.67. The van der Waals surface area contributed by atoms with Crippen molar-refractivity contribution in [2.45, 2.75) is 26.2 Å². The molecule has 1 heterocycles. The van der Waals surface area contributed by atoms with Gasteiger partial charge in [0.2, 0.25) is 5.88 Å². The van der Waals surface area contributed by atoms with E-state index in [0.717, 1.165) is 18.9 Å². The van der Waals surface area contributed by atoms with E-state index in [1.165, 1.54) is 4.57 Å². The Morgan fingerprint density at radius 2 is 2.10 bits per heavy atom. The first kappa shape index (κ1) is 14.1. The van der Waals surface area contributed by atoms with E-state index in [2.05, 4.69) is 11.9 Å². The van der Waals surface area contributed by atoms with E-state index in [1.54, 1.807) is 19.2 Å². The van der Waals surface area contributed by atoms with Crippen molar-refractivity contribution in [3.05, 3.63) is 46.5 Å². The zero-order valence-corrected chi connectivity index (χ0v) is 11.7. The fraction of sp³-hybridized carbons (Fsp3) is 0.333. The van der Waals surface area contributed by atoms with Gasteiger partial charge in [-0.25, -0.2) is 0 Å². The van der Waals surface area contributed by atoms with E-state index < -0.39 is 0 Å². The first-order valence-corrected chi connectivity index (χ1v) is 6.62. The SMILES string of the molecule is CCCCc1nc(O)cc(=O)n1-c1ccccc1OC. The molecule has 0 saturated heterocycles. The van der Waals surface area contributed by atoms with Crippen molar-refractivity contribution >= 4 is 0 Å². The van der Waals surface area contributed by atoms with Gasteiger partial charge in [0, 0.05) is 6.42 Å². The number of unbranched alkanes of at least 4 members (excludes halogenated alkanes) is 1. The van der Waals surface area contributed by atoms with E-state index >= 15 is 0 Å². The maximum atomic E-state index is 12.2. The highest BCUT2D eigenvalue weighted by Crippen LogP contribution is 2.22. The van der Waals surface area contributed by atoms with Crippen LogP contribution in [0.4, 0.5) is 0 Å². The van der Waals surface area contributed by atoms with Gasteiger partial charge in [0.05, 0.1) is 18.9 Å². The highest BCUT2D eigenvalue weighted by atomic mass is 16.5. The van der Waals surface area contributed by atoms with Crippen LogP contribution in [-0.2, 0) is 6.42 Å². The molecule has 0 radical (unpaired) electrons. The Labute approximate surface area is 117 Å². The van der Waals surface area contributed by atoms with Crippen molar-refractivity contribution in [2.75, 3.05) is 7.11 Å². The number of aromatic hydroxyl groups is 1. The number of aromatic nitrogens is 2. The van der Waals surface area contributed by atoms with Gasteiger partial charge in [0.1, 0.15) is 11.6 Å². The number of methoxy groups -OCH3 is 1. The molecule has 0 spiro atoms. The molecule has 0 unspecified atom stereocenters. The average molecular weight is 274 g/mol. The van der Waals surface area contributed by atoms with Crippen LogP contribution < -0.4 is 10.3 Å². The molecule has 0 aliphatic carbocycles. The van der Waals surface area contributed by atoms with Gasteiger partial charge in [-0.05, 0) is 18.6 Å². The molecule has 1 aromatic heterocycles. The molecule has 20 heavy (non-hydrogen) atoms. The summed E-state index contributed by atoms with van der Waals surface area (Å²) < 4.78 is 6.79. The molecule has 2 aromatic rings. The normalized spacial score (nSPS) is 10.5. The lowest BCUT2D eigenvalue weighted by Crippen LogP contribution is -2.23. The van der Waals surface area contributed by atoms with Crippen molar-refractivity contribution in [2.24, 2.45) is 0 Å². The zero-order valence-electron chi connectivity index (χ0n) is 11.7. The summed E-state index contributed by atoms with van der Waals surface area (Å²) in [5.74, 6) is 0.897. The molecule has 0 aliphatic heterocycles. The fourth-order valence-corrected chi connectivity index (χ4v) is 2.09. The molecule has 0 saturated carbocycles. The number of nitrogens with zero attached hydrogens (tertiary/aromatic N) is 2. The van der Waals surface area contributed by atoms with Crippen molar-refractivity contribution < 1.29 is 9.84 Å². The van der Waals surface area contributed by atoms with Crippen LogP contribution in [0.5, 0.6) is 11.6 Å². The Kier molecular flexibility index (Phi) is 4.40. The van der Waals surface area contributed by atoms with Gasteiger partial charge in [-0.2, -0.15) is 4.98 Å². The number of benzene rings is 1. The lowest BCUT2D eigenvalue weighted by molar-refractivity contribution is 0.410. The molecule has 0 aliphatic rings. The summed E-state index contributed by atoms with van der Waals surface area (Å²) in [5, 5.41) is 9.54. The summed E-state index contributed by atoms with van der Waals surface area (Å²) in [4.78, 5) is 16.3. The highest BCUT2D eigenvalue weighted by molar-refractivity contribution is 5.47. The van der Waals surface area contributed by atoms with Gasteiger partial charge in [-0.3, -0.25) is 9.36 Å². The molecule has 106 valence electrons. The van der Waals surface area contributed by atoms with Crippen molar-refractivity contribution in [3.8, 4) is 17.3 Å². The predicted octanol–water partition coefficient (Wildman–Crippen LogP) is 2.29. The second-order valence-corrected chi connectivity index (χ2v) is 4.48. The number of hydrogen-bond donors (Lipinski definition) is 1. The third-order valence-electron chi connectivity index (χ3n) is 3.05. The average Bonchev–Trinajstić information content (AvgIpc) is 2.44. The quantitative estimate of drug-likeness (QED) is 0.908. The Morgan fingerprint density at radius 3 is 2.80 bits per heavy atom. The lowest BCUT2D eigenvalue weighted by atomic mass is 10.2. The van der Waals surface area contributed by atoms with Crippen molar-refractivity contribution in [1.82, 2.24) is 9.55 Å². The molecular formula is C15H18N2O3. The summed E-state index contributed by atoms with van der Waals surface area (Å²) in [6, 6.07) is 8.38. The second kappa shape index (κ2) is 6.23. The third kappa shape index (κ3) is 2.82. The molecule has 0 atom stereocenters. The molecule has 1 aromatic carbocycles. The Balaban J connectivity index is 2.62. The summed E-state index contributed by atoms with van der Waals surface area (Å²) in [5.41, 5.74) is 0.326. The van der Waals surface area contributed by atoms with E-state index in [0.29, 0.717) is 23.7 Å². The maximum absolute atomic E-state index is 12.2. The minimum absolute atomic E-state index is 0.243.